The number of benzene rings is 1. The summed E-state index contributed by atoms with van der Waals surface area (Å²) in [7, 11) is 3.23. The normalized spacial score (nSPS) is 20.2. The van der Waals surface area contributed by atoms with Crippen molar-refractivity contribution >= 4 is 17.3 Å². The first-order valence-corrected chi connectivity index (χ1v) is 8.35. The molecule has 25 heavy (non-hydrogen) atoms. The van der Waals surface area contributed by atoms with Gasteiger partial charge in [0.1, 0.15) is 29.5 Å². The summed E-state index contributed by atoms with van der Waals surface area (Å²) in [4.78, 5) is 10.7. The Morgan fingerprint density at radius 2 is 2.04 bits per heavy atom. The van der Waals surface area contributed by atoms with E-state index in [1.54, 1.807) is 14.2 Å². The summed E-state index contributed by atoms with van der Waals surface area (Å²) < 4.78 is 10.6. The number of aliphatic hydroxyl groups excluding tert-OH is 1. The molecular formula is C18H24N4O3. The maximum Gasteiger partial charge on any atom is 0.146 e. The third-order valence-electron chi connectivity index (χ3n) is 4.57. The lowest BCUT2D eigenvalue weighted by molar-refractivity contribution is 0.102. The summed E-state index contributed by atoms with van der Waals surface area (Å²) in [6, 6.07) is 7.43. The number of ether oxygens (including phenoxy) is 2. The lowest BCUT2D eigenvalue weighted by Crippen LogP contribution is -2.43. The maximum atomic E-state index is 10.1. The fourth-order valence-corrected chi connectivity index (χ4v) is 2.89. The van der Waals surface area contributed by atoms with Gasteiger partial charge in [0.25, 0.3) is 0 Å². The number of aromatic nitrogens is 2. The minimum absolute atomic E-state index is 0.319. The lowest BCUT2D eigenvalue weighted by atomic mass is 9.96. The van der Waals surface area contributed by atoms with Gasteiger partial charge in [-0.15, -0.1) is 0 Å². The van der Waals surface area contributed by atoms with Gasteiger partial charge in [0.15, 0.2) is 0 Å². The van der Waals surface area contributed by atoms with E-state index in [-0.39, 0.29) is 6.10 Å². The van der Waals surface area contributed by atoms with E-state index in [1.165, 1.54) is 6.33 Å². The van der Waals surface area contributed by atoms with Gasteiger partial charge in [-0.1, -0.05) is 6.92 Å². The summed E-state index contributed by atoms with van der Waals surface area (Å²) in [5.41, 5.74) is 0.792. The van der Waals surface area contributed by atoms with Crippen LogP contribution in [0.2, 0.25) is 0 Å². The predicted octanol–water partition coefficient (Wildman–Crippen LogP) is 2.44. The Kier molecular flexibility index (Phi) is 5.23. The number of β-amino-alcohol motifs (C(OH)–C–C–N with tert-alkyl or cyclic N) is 1. The van der Waals surface area contributed by atoms with Crippen LogP contribution in [0.5, 0.6) is 11.5 Å². The topological polar surface area (TPSA) is 79.7 Å². The van der Waals surface area contributed by atoms with Crippen molar-refractivity contribution in [3.63, 3.8) is 0 Å². The van der Waals surface area contributed by atoms with Crippen LogP contribution in [0.15, 0.2) is 30.6 Å². The molecule has 2 heterocycles. The Labute approximate surface area is 147 Å². The van der Waals surface area contributed by atoms with Crippen LogP contribution in [0, 0.1) is 5.92 Å². The molecule has 3 rings (SSSR count). The SMILES string of the molecule is COc1ccc(Nc2cc(N3CCC(C)C(O)C3)ncn2)c(OC)c1. The first-order chi connectivity index (χ1) is 12.1. The number of rotatable bonds is 5. The van der Waals surface area contributed by atoms with Gasteiger partial charge in [0, 0.05) is 25.2 Å². The predicted molar refractivity (Wildman–Crippen MR) is 96.9 cm³/mol. The van der Waals surface area contributed by atoms with E-state index >= 15 is 0 Å². The van der Waals surface area contributed by atoms with E-state index in [0.717, 1.165) is 30.2 Å². The van der Waals surface area contributed by atoms with Crippen LogP contribution in [0.3, 0.4) is 0 Å². The van der Waals surface area contributed by atoms with E-state index < -0.39 is 0 Å². The van der Waals surface area contributed by atoms with Gasteiger partial charge in [-0.25, -0.2) is 9.97 Å². The van der Waals surface area contributed by atoms with Gasteiger partial charge in [0.05, 0.1) is 26.0 Å². The van der Waals surface area contributed by atoms with Crippen LogP contribution < -0.4 is 19.7 Å². The second-order valence-electron chi connectivity index (χ2n) is 6.23. The molecule has 0 saturated carbocycles. The average molecular weight is 344 g/mol. The molecule has 1 aromatic carbocycles. The molecule has 1 aliphatic rings. The van der Waals surface area contributed by atoms with Crippen molar-refractivity contribution in [2.75, 3.05) is 37.5 Å². The summed E-state index contributed by atoms with van der Waals surface area (Å²) in [5.74, 6) is 3.18. The van der Waals surface area contributed by atoms with Crippen molar-refractivity contribution in [2.24, 2.45) is 5.92 Å². The zero-order chi connectivity index (χ0) is 17.8. The molecule has 1 aromatic heterocycles. The maximum absolute atomic E-state index is 10.1. The van der Waals surface area contributed by atoms with Crippen LogP contribution in [0.25, 0.3) is 0 Å². The second kappa shape index (κ2) is 7.57. The second-order valence-corrected chi connectivity index (χ2v) is 6.23. The molecule has 0 radical (unpaired) electrons. The third-order valence-corrected chi connectivity index (χ3v) is 4.57. The van der Waals surface area contributed by atoms with Gasteiger partial charge in [-0.3, -0.25) is 0 Å². The fourth-order valence-electron chi connectivity index (χ4n) is 2.89. The van der Waals surface area contributed by atoms with Crippen molar-refractivity contribution in [1.29, 1.82) is 0 Å². The van der Waals surface area contributed by atoms with Crippen LogP contribution in [0.4, 0.5) is 17.3 Å². The first kappa shape index (κ1) is 17.3. The molecule has 134 valence electrons. The number of nitrogens with zero attached hydrogens (tertiary/aromatic N) is 3. The zero-order valence-electron chi connectivity index (χ0n) is 14.8. The van der Waals surface area contributed by atoms with Gasteiger partial charge in [0.2, 0.25) is 0 Å². The van der Waals surface area contributed by atoms with Gasteiger partial charge in [-0.05, 0) is 24.5 Å². The average Bonchev–Trinajstić information content (AvgIpc) is 2.64. The van der Waals surface area contributed by atoms with E-state index in [2.05, 4.69) is 27.1 Å². The summed E-state index contributed by atoms with van der Waals surface area (Å²) in [5, 5.41) is 13.4. The molecule has 2 unspecified atom stereocenters. The molecular weight excluding hydrogens is 320 g/mol. The molecule has 2 atom stereocenters. The standard InChI is InChI=1S/C18H24N4O3/c1-12-6-7-22(10-15(12)23)18-9-17(19-11-20-18)21-14-5-4-13(24-2)8-16(14)25-3/h4-5,8-9,11-12,15,23H,6-7,10H2,1-3H3,(H,19,20,21). The van der Waals surface area contributed by atoms with E-state index in [0.29, 0.717) is 24.0 Å². The third kappa shape index (κ3) is 3.93. The number of anilines is 3. The molecule has 1 saturated heterocycles. The number of hydrogen-bond donors (Lipinski definition) is 2. The summed E-state index contributed by atoms with van der Waals surface area (Å²) in [6.45, 7) is 3.54. The fraction of sp³-hybridized carbons (Fsp3) is 0.444. The van der Waals surface area contributed by atoms with Crippen molar-refractivity contribution in [3.8, 4) is 11.5 Å². The van der Waals surface area contributed by atoms with Crippen molar-refractivity contribution < 1.29 is 14.6 Å². The Hall–Kier alpha value is -2.54. The highest BCUT2D eigenvalue weighted by molar-refractivity contribution is 5.67. The van der Waals surface area contributed by atoms with Crippen LogP contribution in [-0.2, 0) is 0 Å². The highest BCUT2D eigenvalue weighted by atomic mass is 16.5. The highest BCUT2D eigenvalue weighted by Crippen LogP contribution is 2.31. The lowest BCUT2D eigenvalue weighted by Gasteiger charge is -2.35. The Morgan fingerprint density at radius 3 is 2.76 bits per heavy atom. The molecule has 0 spiro atoms. The summed E-state index contributed by atoms with van der Waals surface area (Å²) >= 11 is 0. The molecule has 0 amide bonds. The van der Waals surface area contributed by atoms with E-state index in [9.17, 15) is 5.11 Å². The molecule has 7 heteroatoms. The number of nitrogens with one attached hydrogen (secondary N) is 1. The molecule has 1 fully saturated rings. The smallest absolute Gasteiger partial charge is 0.146 e. The minimum Gasteiger partial charge on any atom is -0.497 e. The van der Waals surface area contributed by atoms with Crippen LogP contribution >= 0.6 is 0 Å². The van der Waals surface area contributed by atoms with Crippen LogP contribution in [-0.4, -0.2) is 48.5 Å². The first-order valence-electron chi connectivity index (χ1n) is 8.35. The molecule has 2 aromatic rings. The molecule has 2 N–H and O–H groups in total. The Bertz CT molecular complexity index is 725. The monoisotopic (exact) mass is 344 g/mol. The van der Waals surface area contributed by atoms with Crippen LogP contribution in [0.1, 0.15) is 13.3 Å². The van der Waals surface area contributed by atoms with Gasteiger partial charge >= 0.3 is 0 Å². The quantitative estimate of drug-likeness (QED) is 0.862. The zero-order valence-corrected chi connectivity index (χ0v) is 14.8. The summed E-state index contributed by atoms with van der Waals surface area (Å²) in [6.07, 6.45) is 2.14. The number of methoxy groups -OCH3 is 2. The molecule has 0 aliphatic carbocycles. The largest absolute Gasteiger partial charge is 0.497 e. The van der Waals surface area contributed by atoms with E-state index in [1.807, 2.05) is 24.3 Å². The number of piperidine rings is 1. The molecule has 1 aliphatic heterocycles. The van der Waals surface area contributed by atoms with Gasteiger partial charge in [-0.2, -0.15) is 0 Å². The van der Waals surface area contributed by atoms with Gasteiger partial charge < -0.3 is 24.8 Å². The molecule has 0 bridgehead atoms. The number of hydrogen-bond acceptors (Lipinski definition) is 7. The van der Waals surface area contributed by atoms with Crippen molar-refractivity contribution in [2.45, 2.75) is 19.4 Å². The van der Waals surface area contributed by atoms with E-state index in [4.69, 9.17) is 9.47 Å². The minimum atomic E-state index is -0.332. The molecule has 7 nitrogen and oxygen atoms in total. The Morgan fingerprint density at radius 1 is 1.20 bits per heavy atom. The Balaban J connectivity index is 1.78. The highest BCUT2D eigenvalue weighted by Gasteiger charge is 2.25. The van der Waals surface area contributed by atoms with Crippen molar-refractivity contribution in [1.82, 2.24) is 9.97 Å². The van der Waals surface area contributed by atoms with Crippen molar-refractivity contribution in [3.05, 3.63) is 30.6 Å². The number of aliphatic hydroxyl groups is 1.